The van der Waals surface area contributed by atoms with Crippen molar-refractivity contribution >= 4 is 19.4 Å². The topological polar surface area (TPSA) is 9.23 Å². The van der Waals surface area contributed by atoms with Gasteiger partial charge in [0, 0.05) is 0 Å². The van der Waals surface area contributed by atoms with Crippen molar-refractivity contribution in [2.45, 2.75) is 18.8 Å². The molecule has 0 spiro atoms. The van der Waals surface area contributed by atoms with Crippen LogP contribution >= 0.6 is 0 Å². The Labute approximate surface area is 80.3 Å². The van der Waals surface area contributed by atoms with Crippen molar-refractivity contribution in [2.24, 2.45) is 0 Å². The first-order valence-corrected chi connectivity index (χ1v) is 6.00. The number of benzene rings is 1. The summed E-state index contributed by atoms with van der Waals surface area (Å²) in [5.74, 6) is 0. The summed E-state index contributed by atoms with van der Waals surface area (Å²) in [4.78, 5) is 0. The molecule has 0 aromatic heterocycles. The Morgan fingerprint density at radius 3 is 2.58 bits per heavy atom. The van der Waals surface area contributed by atoms with Gasteiger partial charge in [-0.1, -0.05) is 0 Å². The Balaban J connectivity index is 2.41. The molecule has 66 valence electrons. The fraction of sp³-hybridized carbons (Fsp3) is 0.400. The Bertz CT molecular complexity index is 210. The Hall–Kier alpha value is -0.301. The molecular formula is C10H14OSe. The average Bonchev–Trinajstić information content (AvgIpc) is 2.06. The van der Waals surface area contributed by atoms with Crippen LogP contribution < -0.4 is 4.46 Å². The van der Waals surface area contributed by atoms with Crippen LogP contribution in [0.15, 0.2) is 30.3 Å². The van der Waals surface area contributed by atoms with Crippen LogP contribution in [0.2, 0.25) is 0 Å². The number of ether oxygens (including phenoxy) is 1. The fourth-order valence-electron chi connectivity index (χ4n) is 0.959. The predicted octanol–water partition coefficient (Wildman–Crippen LogP) is 1.40. The molecule has 0 saturated carbocycles. The van der Waals surface area contributed by atoms with Crippen molar-refractivity contribution in [2.75, 3.05) is 6.61 Å². The van der Waals surface area contributed by atoms with E-state index in [0.717, 1.165) is 6.61 Å². The molecule has 0 amide bonds. The first-order chi connectivity index (χ1) is 5.83. The molecule has 1 nitrogen and oxygen atoms in total. The van der Waals surface area contributed by atoms with Crippen LogP contribution in [-0.2, 0) is 4.74 Å². The van der Waals surface area contributed by atoms with Crippen LogP contribution in [0.25, 0.3) is 0 Å². The van der Waals surface area contributed by atoms with Crippen molar-refractivity contribution in [1.82, 2.24) is 0 Å². The molecule has 1 rings (SSSR count). The summed E-state index contributed by atoms with van der Waals surface area (Å²) < 4.78 is 6.88. The Morgan fingerprint density at radius 2 is 2.00 bits per heavy atom. The summed E-state index contributed by atoms with van der Waals surface area (Å²) in [5.41, 5.74) is 0. The quantitative estimate of drug-likeness (QED) is 0.709. The van der Waals surface area contributed by atoms with E-state index in [2.05, 4.69) is 31.2 Å². The summed E-state index contributed by atoms with van der Waals surface area (Å²) in [6.45, 7) is 4.99. The minimum absolute atomic E-state index is 0.393. The maximum atomic E-state index is 5.47. The summed E-state index contributed by atoms with van der Waals surface area (Å²) >= 11 is 0.456. The van der Waals surface area contributed by atoms with E-state index < -0.39 is 0 Å². The van der Waals surface area contributed by atoms with E-state index in [0.29, 0.717) is 20.0 Å². The van der Waals surface area contributed by atoms with E-state index >= 15 is 0 Å². The predicted molar refractivity (Wildman–Crippen MR) is 52.9 cm³/mol. The van der Waals surface area contributed by atoms with Crippen molar-refractivity contribution in [3.05, 3.63) is 30.3 Å². The molecule has 0 N–H and O–H groups in total. The molecular weight excluding hydrogens is 215 g/mol. The first-order valence-electron chi connectivity index (χ1n) is 4.16. The standard InChI is InChI=1S/C10H14OSe/c1-3-11-9(2)12-10-7-5-4-6-8-10/h4-9H,3H2,1-2H3. The van der Waals surface area contributed by atoms with E-state index in [1.54, 1.807) is 0 Å². The van der Waals surface area contributed by atoms with Gasteiger partial charge in [0.15, 0.2) is 0 Å². The molecule has 0 aliphatic heterocycles. The number of rotatable bonds is 4. The number of hydrogen-bond acceptors (Lipinski definition) is 1. The zero-order valence-corrected chi connectivity index (χ0v) is 9.20. The van der Waals surface area contributed by atoms with Gasteiger partial charge in [-0.25, -0.2) is 0 Å². The van der Waals surface area contributed by atoms with Crippen LogP contribution in [0, 0.1) is 0 Å². The second-order valence-electron chi connectivity index (χ2n) is 2.45. The molecule has 1 aromatic rings. The van der Waals surface area contributed by atoms with Crippen LogP contribution in [0.5, 0.6) is 0 Å². The van der Waals surface area contributed by atoms with Gasteiger partial charge in [0.25, 0.3) is 0 Å². The van der Waals surface area contributed by atoms with Gasteiger partial charge < -0.3 is 0 Å². The summed E-state index contributed by atoms with van der Waals surface area (Å²) in [7, 11) is 0. The molecule has 12 heavy (non-hydrogen) atoms. The van der Waals surface area contributed by atoms with E-state index in [9.17, 15) is 0 Å². The molecule has 2 heteroatoms. The van der Waals surface area contributed by atoms with Gasteiger partial charge in [-0.15, -0.1) is 0 Å². The van der Waals surface area contributed by atoms with Crippen molar-refractivity contribution in [1.29, 1.82) is 0 Å². The van der Waals surface area contributed by atoms with Gasteiger partial charge in [-0.2, -0.15) is 0 Å². The second kappa shape index (κ2) is 5.36. The molecule has 0 radical (unpaired) electrons. The molecule has 1 atom stereocenters. The summed E-state index contributed by atoms with van der Waals surface area (Å²) in [6.07, 6.45) is 0. The Morgan fingerprint density at radius 1 is 1.33 bits per heavy atom. The summed E-state index contributed by atoms with van der Waals surface area (Å²) in [6, 6.07) is 10.5. The Kier molecular flexibility index (Phi) is 4.37. The fourth-order valence-corrected chi connectivity index (χ4v) is 2.85. The van der Waals surface area contributed by atoms with Gasteiger partial charge in [0.1, 0.15) is 0 Å². The molecule has 0 bridgehead atoms. The monoisotopic (exact) mass is 230 g/mol. The van der Waals surface area contributed by atoms with Crippen LogP contribution in [0.1, 0.15) is 13.8 Å². The molecule has 1 aromatic carbocycles. The van der Waals surface area contributed by atoms with Crippen molar-refractivity contribution in [3.8, 4) is 0 Å². The molecule has 0 saturated heterocycles. The molecule has 0 aliphatic carbocycles. The zero-order valence-electron chi connectivity index (χ0n) is 7.49. The van der Waals surface area contributed by atoms with Crippen LogP contribution in [0.4, 0.5) is 0 Å². The normalized spacial score (nSPS) is 12.8. The third-order valence-corrected chi connectivity index (χ3v) is 3.57. The van der Waals surface area contributed by atoms with E-state index in [1.807, 2.05) is 13.0 Å². The zero-order chi connectivity index (χ0) is 8.81. The van der Waals surface area contributed by atoms with Crippen molar-refractivity contribution < 1.29 is 4.74 Å². The number of hydrogen-bond donors (Lipinski definition) is 0. The van der Waals surface area contributed by atoms with Gasteiger partial charge in [-0.05, 0) is 0 Å². The van der Waals surface area contributed by atoms with Crippen molar-refractivity contribution in [3.63, 3.8) is 0 Å². The van der Waals surface area contributed by atoms with Gasteiger partial charge in [-0.3, -0.25) is 0 Å². The van der Waals surface area contributed by atoms with Gasteiger partial charge in [0.05, 0.1) is 0 Å². The van der Waals surface area contributed by atoms with Gasteiger partial charge >= 0.3 is 79.9 Å². The van der Waals surface area contributed by atoms with E-state index in [4.69, 9.17) is 4.74 Å². The third kappa shape index (κ3) is 3.40. The van der Waals surface area contributed by atoms with Crippen LogP contribution in [0.3, 0.4) is 0 Å². The molecule has 0 fully saturated rings. The maximum absolute atomic E-state index is 5.47. The second-order valence-corrected chi connectivity index (χ2v) is 5.33. The van der Waals surface area contributed by atoms with E-state index in [1.165, 1.54) is 4.46 Å². The molecule has 1 unspecified atom stereocenters. The molecule has 0 heterocycles. The van der Waals surface area contributed by atoms with Gasteiger partial charge in [0.2, 0.25) is 0 Å². The average molecular weight is 229 g/mol. The third-order valence-electron chi connectivity index (χ3n) is 1.45. The van der Waals surface area contributed by atoms with Crippen LogP contribution in [-0.4, -0.2) is 26.6 Å². The summed E-state index contributed by atoms with van der Waals surface area (Å²) in [5, 5.41) is 0.393. The SMILES string of the molecule is CCOC(C)[Se]c1ccccc1. The minimum atomic E-state index is 0.393. The first kappa shape index (κ1) is 9.78. The van der Waals surface area contributed by atoms with E-state index in [-0.39, 0.29) is 0 Å². The molecule has 0 aliphatic rings.